The van der Waals surface area contributed by atoms with Crippen molar-refractivity contribution in [3.8, 4) is 0 Å². The molecule has 5 nitrogen and oxygen atoms in total. The smallest absolute Gasteiger partial charge is 0.320 e. The van der Waals surface area contributed by atoms with Gasteiger partial charge in [0.2, 0.25) is 0 Å². The lowest BCUT2D eigenvalue weighted by Crippen LogP contribution is -2.41. The minimum Gasteiger partial charge on any atom is -0.320 e. The van der Waals surface area contributed by atoms with Crippen molar-refractivity contribution in [1.29, 1.82) is 0 Å². The van der Waals surface area contributed by atoms with Crippen molar-refractivity contribution in [2.45, 2.75) is 32.4 Å². The number of fused-ring (bicyclic) bond motifs is 1. The van der Waals surface area contributed by atoms with Gasteiger partial charge in [-0.05, 0) is 49.9 Å². The Hall–Kier alpha value is -2.40. The second kappa shape index (κ2) is 7.87. The minimum absolute atomic E-state index is 0.0160. The highest BCUT2D eigenvalue weighted by Gasteiger charge is 2.25. The van der Waals surface area contributed by atoms with Crippen molar-refractivity contribution in [1.82, 2.24) is 14.8 Å². The average Bonchev–Trinajstić information content (AvgIpc) is 2.68. The number of aromatic nitrogens is 1. The molecule has 0 unspecified atom stereocenters. The van der Waals surface area contributed by atoms with E-state index in [9.17, 15) is 4.79 Å². The maximum absolute atomic E-state index is 12.3. The SMILES string of the molecule is O=C1Nc2ncccc2CN1CCC1CCN(Cc2ccccc2)CC1. The van der Waals surface area contributed by atoms with Gasteiger partial charge in [0, 0.05) is 24.8 Å². The number of amides is 2. The number of urea groups is 1. The third kappa shape index (κ3) is 4.05. The van der Waals surface area contributed by atoms with Gasteiger partial charge >= 0.3 is 6.03 Å². The molecule has 3 heterocycles. The molecule has 1 N–H and O–H groups in total. The highest BCUT2D eigenvalue weighted by Crippen LogP contribution is 2.25. The van der Waals surface area contributed by atoms with E-state index in [2.05, 4.69) is 45.5 Å². The van der Waals surface area contributed by atoms with E-state index in [1.54, 1.807) is 6.20 Å². The Morgan fingerprint density at radius 2 is 1.88 bits per heavy atom. The van der Waals surface area contributed by atoms with E-state index in [-0.39, 0.29) is 6.03 Å². The molecule has 2 amide bonds. The van der Waals surface area contributed by atoms with Gasteiger partial charge in [0.1, 0.15) is 5.82 Å². The minimum atomic E-state index is -0.0160. The molecule has 0 radical (unpaired) electrons. The molecule has 1 aromatic carbocycles. The average molecular weight is 350 g/mol. The van der Waals surface area contributed by atoms with Gasteiger partial charge < -0.3 is 4.90 Å². The van der Waals surface area contributed by atoms with Crippen LogP contribution in [-0.4, -0.2) is 40.4 Å². The Morgan fingerprint density at radius 1 is 1.08 bits per heavy atom. The van der Waals surface area contributed by atoms with Crippen LogP contribution in [0.1, 0.15) is 30.4 Å². The van der Waals surface area contributed by atoms with Gasteiger partial charge in [-0.3, -0.25) is 10.2 Å². The molecular weight excluding hydrogens is 324 g/mol. The first-order valence-corrected chi connectivity index (χ1v) is 9.54. The van der Waals surface area contributed by atoms with Crippen molar-refractivity contribution in [2.24, 2.45) is 5.92 Å². The Morgan fingerprint density at radius 3 is 2.69 bits per heavy atom. The number of hydrogen-bond acceptors (Lipinski definition) is 3. The van der Waals surface area contributed by atoms with Gasteiger partial charge in [-0.1, -0.05) is 36.4 Å². The third-order valence-corrected chi connectivity index (χ3v) is 5.53. The maximum Gasteiger partial charge on any atom is 0.323 e. The van der Waals surface area contributed by atoms with E-state index in [0.29, 0.717) is 18.3 Å². The topological polar surface area (TPSA) is 48.5 Å². The van der Waals surface area contributed by atoms with Gasteiger partial charge in [0.15, 0.2) is 0 Å². The summed E-state index contributed by atoms with van der Waals surface area (Å²) < 4.78 is 0. The molecule has 0 aliphatic carbocycles. The highest BCUT2D eigenvalue weighted by molar-refractivity contribution is 5.91. The number of nitrogens with one attached hydrogen (secondary N) is 1. The summed E-state index contributed by atoms with van der Waals surface area (Å²) in [6, 6.07) is 14.6. The van der Waals surface area contributed by atoms with Crippen LogP contribution in [0, 0.1) is 5.92 Å². The van der Waals surface area contributed by atoms with Gasteiger partial charge in [-0.25, -0.2) is 9.78 Å². The number of benzene rings is 1. The Bertz CT molecular complexity index is 741. The summed E-state index contributed by atoms with van der Waals surface area (Å²) in [7, 11) is 0. The first-order chi connectivity index (χ1) is 12.8. The largest absolute Gasteiger partial charge is 0.323 e. The second-order valence-electron chi connectivity index (χ2n) is 7.36. The van der Waals surface area contributed by atoms with Crippen LogP contribution in [0.4, 0.5) is 10.6 Å². The number of hydrogen-bond donors (Lipinski definition) is 1. The van der Waals surface area contributed by atoms with Crippen LogP contribution < -0.4 is 5.32 Å². The molecule has 2 aliphatic rings. The van der Waals surface area contributed by atoms with Crippen molar-refractivity contribution in [3.63, 3.8) is 0 Å². The molecule has 0 atom stereocenters. The van der Waals surface area contributed by atoms with E-state index in [4.69, 9.17) is 0 Å². The monoisotopic (exact) mass is 350 g/mol. The number of piperidine rings is 1. The summed E-state index contributed by atoms with van der Waals surface area (Å²) in [5.74, 6) is 1.42. The first kappa shape index (κ1) is 17.0. The third-order valence-electron chi connectivity index (χ3n) is 5.53. The zero-order chi connectivity index (χ0) is 17.8. The van der Waals surface area contributed by atoms with Crippen LogP contribution in [0.2, 0.25) is 0 Å². The van der Waals surface area contributed by atoms with Crippen LogP contribution in [-0.2, 0) is 13.1 Å². The molecule has 5 heteroatoms. The fourth-order valence-electron chi connectivity index (χ4n) is 3.93. The molecule has 26 heavy (non-hydrogen) atoms. The Kier molecular flexibility index (Phi) is 5.16. The van der Waals surface area contributed by atoms with E-state index in [1.807, 2.05) is 17.0 Å². The van der Waals surface area contributed by atoms with E-state index in [1.165, 1.54) is 18.4 Å². The van der Waals surface area contributed by atoms with Crippen molar-refractivity contribution in [2.75, 3.05) is 25.0 Å². The summed E-state index contributed by atoms with van der Waals surface area (Å²) in [4.78, 5) is 20.9. The summed E-state index contributed by atoms with van der Waals surface area (Å²) in [6.45, 7) is 4.84. The molecule has 1 fully saturated rings. The highest BCUT2D eigenvalue weighted by atomic mass is 16.2. The molecule has 0 bridgehead atoms. The molecular formula is C21H26N4O. The summed E-state index contributed by atoms with van der Waals surface area (Å²) in [5.41, 5.74) is 2.49. The molecule has 0 spiro atoms. The van der Waals surface area contributed by atoms with Gasteiger partial charge in [0.05, 0.1) is 6.54 Å². The lowest BCUT2D eigenvalue weighted by Gasteiger charge is -2.34. The van der Waals surface area contributed by atoms with Gasteiger partial charge in [-0.2, -0.15) is 0 Å². The number of nitrogens with zero attached hydrogens (tertiary/aromatic N) is 3. The lowest BCUT2D eigenvalue weighted by atomic mass is 9.93. The lowest BCUT2D eigenvalue weighted by molar-refractivity contribution is 0.158. The van der Waals surface area contributed by atoms with Crippen molar-refractivity contribution in [3.05, 3.63) is 59.8 Å². The predicted octanol–water partition coefficient (Wildman–Crippen LogP) is 3.73. The zero-order valence-corrected chi connectivity index (χ0v) is 15.1. The molecule has 2 aliphatic heterocycles. The zero-order valence-electron chi connectivity index (χ0n) is 15.1. The number of carbonyl (C=O) groups is 1. The molecule has 2 aromatic rings. The molecule has 136 valence electrons. The van der Waals surface area contributed by atoms with Crippen LogP contribution in [0.25, 0.3) is 0 Å². The quantitative estimate of drug-likeness (QED) is 0.894. The molecule has 1 aromatic heterocycles. The van der Waals surface area contributed by atoms with Crippen molar-refractivity contribution < 1.29 is 4.79 Å². The number of anilines is 1. The number of likely N-dealkylation sites (tertiary alicyclic amines) is 1. The molecule has 4 rings (SSSR count). The normalized spacial score (nSPS) is 18.5. The van der Waals surface area contributed by atoms with Crippen molar-refractivity contribution >= 4 is 11.8 Å². The summed E-state index contributed by atoms with van der Waals surface area (Å²) in [6.07, 6.45) is 5.25. The second-order valence-corrected chi connectivity index (χ2v) is 7.36. The fourth-order valence-corrected chi connectivity index (χ4v) is 3.93. The van der Waals surface area contributed by atoms with Gasteiger partial charge in [0.25, 0.3) is 0 Å². The molecule has 1 saturated heterocycles. The van der Waals surface area contributed by atoms with Crippen LogP contribution in [0.5, 0.6) is 0 Å². The number of carbonyl (C=O) groups excluding carboxylic acids is 1. The van der Waals surface area contributed by atoms with E-state index in [0.717, 1.165) is 38.2 Å². The van der Waals surface area contributed by atoms with E-state index < -0.39 is 0 Å². The number of rotatable bonds is 5. The van der Waals surface area contributed by atoms with Crippen LogP contribution in [0.3, 0.4) is 0 Å². The Balaban J connectivity index is 1.23. The standard InChI is InChI=1S/C21H26N4O/c26-21-23-20-19(7-4-11-22-20)16-25(21)14-10-17-8-12-24(13-9-17)15-18-5-2-1-3-6-18/h1-7,11,17H,8-10,12-16H2,(H,22,23,26). The summed E-state index contributed by atoms with van der Waals surface area (Å²) in [5, 5.41) is 2.90. The van der Waals surface area contributed by atoms with E-state index >= 15 is 0 Å². The first-order valence-electron chi connectivity index (χ1n) is 9.54. The molecule has 0 saturated carbocycles. The number of pyridine rings is 1. The predicted molar refractivity (Wildman–Crippen MR) is 103 cm³/mol. The van der Waals surface area contributed by atoms with Crippen LogP contribution >= 0.6 is 0 Å². The van der Waals surface area contributed by atoms with Gasteiger partial charge in [-0.15, -0.1) is 0 Å². The Labute approximate surface area is 155 Å². The summed E-state index contributed by atoms with van der Waals surface area (Å²) >= 11 is 0. The van der Waals surface area contributed by atoms with Crippen LogP contribution in [0.15, 0.2) is 48.7 Å². The maximum atomic E-state index is 12.3. The fraction of sp³-hybridized carbons (Fsp3) is 0.429.